The van der Waals surface area contributed by atoms with Gasteiger partial charge in [-0.3, -0.25) is 10.1 Å². The number of fused-ring (bicyclic) bond motifs is 1. The Morgan fingerprint density at radius 2 is 1.70 bits per heavy atom. The first-order valence-corrected chi connectivity index (χ1v) is 12.4. The molecule has 0 bridgehead atoms. The number of carbonyl (C=O) groups is 1. The van der Waals surface area contributed by atoms with Crippen LogP contribution in [0.25, 0.3) is 11.1 Å². The molecule has 2 fully saturated rings. The predicted octanol–water partition coefficient (Wildman–Crippen LogP) is 4.31. The Kier molecular flexibility index (Phi) is 8.11. The number of nitrogens with one attached hydrogen (secondary N) is 2. The molecule has 0 unspecified atom stereocenters. The Morgan fingerprint density at radius 3 is 2.24 bits per heavy atom. The van der Waals surface area contributed by atoms with E-state index in [4.69, 9.17) is 4.74 Å². The fraction of sp³-hybridized carbons (Fsp3) is 0.519. The number of benzene rings is 2. The molecule has 202 valence electrons. The van der Waals surface area contributed by atoms with Gasteiger partial charge in [0.05, 0.1) is 25.2 Å². The Bertz CT molecular complexity index is 1060. The van der Waals surface area contributed by atoms with E-state index in [2.05, 4.69) is 10.6 Å². The highest BCUT2D eigenvalue weighted by Gasteiger charge is 2.54. The molecule has 0 spiro atoms. The number of carbonyl (C=O) groups excluding carboxylic acids is 1. The number of hydrogen-bond acceptors (Lipinski definition) is 5. The zero-order valence-corrected chi connectivity index (χ0v) is 21.0. The second-order valence-electron chi connectivity index (χ2n) is 10.1. The van der Waals surface area contributed by atoms with Crippen molar-refractivity contribution >= 4 is 11.6 Å². The van der Waals surface area contributed by atoms with Crippen LogP contribution >= 0.6 is 0 Å². The van der Waals surface area contributed by atoms with Gasteiger partial charge in [-0.25, -0.2) is 4.39 Å². The van der Waals surface area contributed by atoms with Gasteiger partial charge >= 0.3 is 6.18 Å². The van der Waals surface area contributed by atoms with E-state index in [1.165, 1.54) is 12.1 Å². The summed E-state index contributed by atoms with van der Waals surface area (Å²) in [7, 11) is 1.80. The molecule has 0 saturated carbocycles. The molecule has 10 heteroatoms. The van der Waals surface area contributed by atoms with Crippen LogP contribution in [0.5, 0.6) is 0 Å². The minimum Gasteiger partial charge on any atom is -0.388 e. The van der Waals surface area contributed by atoms with Gasteiger partial charge in [0.2, 0.25) is 5.91 Å². The van der Waals surface area contributed by atoms with Crippen molar-refractivity contribution in [2.45, 2.75) is 62.9 Å². The predicted molar refractivity (Wildman–Crippen MR) is 133 cm³/mol. The number of nitrogens with zero attached hydrogens (tertiary/aromatic N) is 1. The molecule has 2 aromatic carbocycles. The van der Waals surface area contributed by atoms with Crippen LogP contribution in [0.2, 0.25) is 0 Å². The fourth-order valence-electron chi connectivity index (χ4n) is 5.17. The molecule has 37 heavy (non-hydrogen) atoms. The summed E-state index contributed by atoms with van der Waals surface area (Å²) in [5.41, 5.74) is 2.50. The molecule has 2 heterocycles. The van der Waals surface area contributed by atoms with E-state index >= 15 is 0 Å². The van der Waals surface area contributed by atoms with Gasteiger partial charge in [-0.2, -0.15) is 13.2 Å². The third-order valence-corrected chi connectivity index (χ3v) is 7.01. The fourth-order valence-corrected chi connectivity index (χ4v) is 5.17. The van der Waals surface area contributed by atoms with Crippen molar-refractivity contribution in [3.63, 3.8) is 0 Å². The quantitative estimate of drug-likeness (QED) is 0.450. The molecule has 0 aromatic heterocycles. The summed E-state index contributed by atoms with van der Waals surface area (Å²) >= 11 is 0. The number of anilines is 1. The van der Waals surface area contributed by atoms with Crippen LogP contribution in [0.15, 0.2) is 48.5 Å². The lowest BCUT2D eigenvalue weighted by Crippen LogP contribution is -2.54. The molecule has 4 rings (SSSR count). The number of likely N-dealkylation sites (tertiary alicyclic amines) is 1. The highest BCUT2D eigenvalue weighted by Crippen LogP contribution is 2.36. The summed E-state index contributed by atoms with van der Waals surface area (Å²) in [5.74, 6) is -0.772. The van der Waals surface area contributed by atoms with E-state index in [0.717, 1.165) is 21.7 Å². The van der Waals surface area contributed by atoms with Gasteiger partial charge in [-0.05, 0) is 41.2 Å². The van der Waals surface area contributed by atoms with Gasteiger partial charge in [-0.15, -0.1) is 0 Å². The number of ether oxygens (including phenoxy) is 1. The van der Waals surface area contributed by atoms with Gasteiger partial charge in [-0.1, -0.05) is 50.2 Å². The van der Waals surface area contributed by atoms with Gasteiger partial charge in [0.1, 0.15) is 24.4 Å². The van der Waals surface area contributed by atoms with Crippen molar-refractivity contribution in [2.24, 2.45) is 5.92 Å². The SMILES string of the molecule is CNc1ccc(-c2ccc([C@H](N[C@@H](CC(C)C)C(=O)N3C[C@H](F)[C@H]4OC[C@H](O)[C@H]43)C(F)(F)F)cc2)cc1. The minimum atomic E-state index is -4.68. The van der Waals surface area contributed by atoms with E-state index in [-0.39, 0.29) is 31.1 Å². The Labute approximate surface area is 214 Å². The lowest BCUT2D eigenvalue weighted by atomic mass is 9.97. The van der Waals surface area contributed by atoms with Crippen molar-refractivity contribution in [1.82, 2.24) is 10.2 Å². The van der Waals surface area contributed by atoms with Crippen LogP contribution in [0.4, 0.5) is 23.2 Å². The normalized spacial score (nSPS) is 25.3. The van der Waals surface area contributed by atoms with Crippen LogP contribution in [0.3, 0.4) is 0 Å². The van der Waals surface area contributed by atoms with Crippen molar-refractivity contribution < 1.29 is 32.2 Å². The molecule has 0 radical (unpaired) electrons. The average Bonchev–Trinajstić information content (AvgIpc) is 3.40. The van der Waals surface area contributed by atoms with Crippen LogP contribution in [-0.4, -0.2) is 72.8 Å². The highest BCUT2D eigenvalue weighted by molar-refractivity contribution is 5.83. The third-order valence-electron chi connectivity index (χ3n) is 7.01. The number of aliphatic hydroxyl groups is 1. The molecule has 6 nitrogen and oxygen atoms in total. The van der Waals surface area contributed by atoms with Crippen molar-refractivity contribution in [1.29, 1.82) is 0 Å². The molecular weight excluding hydrogens is 490 g/mol. The van der Waals surface area contributed by atoms with E-state index in [1.54, 1.807) is 33.0 Å². The number of rotatable bonds is 8. The summed E-state index contributed by atoms with van der Waals surface area (Å²) in [6, 6.07) is 9.32. The number of amides is 1. The van der Waals surface area contributed by atoms with Crippen molar-refractivity contribution in [3.05, 3.63) is 54.1 Å². The molecule has 0 aliphatic carbocycles. The maximum Gasteiger partial charge on any atom is 0.407 e. The van der Waals surface area contributed by atoms with Crippen LogP contribution in [0.1, 0.15) is 31.9 Å². The molecule has 2 aliphatic heterocycles. The average molecular weight is 524 g/mol. The first-order chi connectivity index (χ1) is 17.5. The van der Waals surface area contributed by atoms with Crippen LogP contribution in [0, 0.1) is 5.92 Å². The molecular formula is C27H33F4N3O3. The van der Waals surface area contributed by atoms with Gasteiger partial charge < -0.3 is 20.1 Å². The summed E-state index contributed by atoms with van der Waals surface area (Å²) in [6.07, 6.45) is -8.12. The zero-order valence-electron chi connectivity index (χ0n) is 21.0. The van der Waals surface area contributed by atoms with Crippen molar-refractivity contribution in [3.8, 4) is 11.1 Å². The van der Waals surface area contributed by atoms with E-state index in [0.29, 0.717) is 0 Å². The zero-order chi connectivity index (χ0) is 26.9. The molecule has 1 amide bonds. The highest BCUT2D eigenvalue weighted by atomic mass is 19.4. The smallest absolute Gasteiger partial charge is 0.388 e. The second-order valence-corrected chi connectivity index (χ2v) is 10.1. The van der Waals surface area contributed by atoms with E-state index < -0.39 is 48.6 Å². The van der Waals surface area contributed by atoms with Gasteiger partial charge in [0.15, 0.2) is 0 Å². The number of alkyl halides is 4. The number of hydrogen-bond donors (Lipinski definition) is 3. The Hall–Kier alpha value is -2.69. The monoisotopic (exact) mass is 523 g/mol. The minimum absolute atomic E-state index is 0.0310. The largest absolute Gasteiger partial charge is 0.407 e. The number of halogens is 4. The van der Waals surface area contributed by atoms with Crippen LogP contribution < -0.4 is 10.6 Å². The van der Waals surface area contributed by atoms with E-state index in [9.17, 15) is 27.5 Å². The van der Waals surface area contributed by atoms with Crippen LogP contribution in [-0.2, 0) is 9.53 Å². The molecule has 2 aromatic rings. The maximum atomic E-state index is 14.5. The van der Waals surface area contributed by atoms with Gasteiger partial charge in [0.25, 0.3) is 0 Å². The summed E-state index contributed by atoms with van der Waals surface area (Å²) in [6.45, 7) is 3.17. The standard InChI is InChI=1S/C27H33F4N3O3/c1-15(2)12-21(26(36)34-13-20(28)24-23(34)22(35)14-37-24)33-25(27(29,30)31)18-6-4-16(5-7-18)17-8-10-19(32-3)11-9-17/h4-11,15,20-25,32-33,35H,12-14H2,1-3H3/t20-,21-,22-,23+,24+,25-/m0/s1. The van der Waals surface area contributed by atoms with Crippen molar-refractivity contribution in [2.75, 3.05) is 25.5 Å². The second kappa shape index (κ2) is 11.0. The maximum absolute atomic E-state index is 14.5. The van der Waals surface area contributed by atoms with Gasteiger partial charge in [0, 0.05) is 12.7 Å². The van der Waals surface area contributed by atoms with E-state index in [1.807, 2.05) is 24.3 Å². The molecule has 2 saturated heterocycles. The molecule has 6 atom stereocenters. The topological polar surface area (TPSA) is 73.8 Å². The summed E-state index contributed by atoms with van der Waals surface area (Å²) in [4.78, 5) is 14.6. The Balaban J connectivity index is 1.58. The molecule has 2 aliphatic rings. The number of aliphatic hydroxyl groups excluding tert-OH is 1. The Morgan fingerprint density at radius 1 is 1.11 bits per heavy atom. The lowest BCUT2D eigenvalue weighted by molar-refractivity contribution is -0.163. The first-order valence-electron chi connectivity index (χ1n) is 12.4. The summed E-state index contributed by atoms with van der Waals surface area (Å²) < 4.78 is 62.6. The first kappa shape index (κ1) is 27.3. The molecule has 3 N–H and O–H groups in total. The lowest BCUT2D eigenvalue weighted by Gasteiger charge is -2.33. The summed E-state index contributed by atoms with van der Waals surface area (Å²) in [5, 5.41) is 15.8. The third kappa shape index (κ3) is 5.91.